The van der Waals surface area contributed by atoms with E-state index in [1.54, 1.807) is 12.1 Å². The molecular weight excluding hydrogens is 527 g/mol. The fourth-order valence-electron chi connectivity index (χ4n) is 3.96. The zero-order chi connectivity index (χ0) is 31.2. The first-order chi connectivity index (χ1) is 20.3. The van der Waals surface area contributed by atoms with Crippen molar-refractivity contribution in [2.75, 3.05) is 43.4 Å². The van der Waals surface area contributed by atoms with Crippen LogP contribution in [0.5, 0.6) is 0 Å². The molecule has 0 spiro atoms. The molecule has 3 rings (SSSR count). The quantitative estimate of drug-likeness (QED) is 0.162. The molecule has 0 unspecified atom stereocenters. The standard InChI is InChI=1S/C24H36N6O.C8H9F.C2H6/c1-5-7-16-30(15-6-2)18-19(3)27-23-17-22(26-14-13-25-20(4)31)28-24(29-23)21-11-9-8-10-12-21;1-2-7-4-3-5-8(9)6-7;1-2/h8-12,17H,3,5-7,13-16,18H2,1-2,4H3,(H,25,31)(H2,26,27,28,29);3-6H,2H2,1H3;1-2H3. The largest absolute Gasteiger partial charge is 0.368 e. The molecule has 0 saturated carbocycles. The molecular formula is C34H51FN6O. The highest BCUT2D eigenvalue weighted by atomic mass is 19.1. The highest BCUT2D eigenvalue weighted by Crippen LogP contribution is 2.21. The molecule has 1 amide bonds. The summed E-state index contributed by atoms with van der Waals surface area (Å²) < 4.78 is 12.4. The summed E-state index contributed by atoms with van der Waals surface area (Å²) >= 11 is 0. The van der Waals surface area contributed by atoms with Gasteiger partial charge in [-0.15, -0.1) is 0 Å². The van der Waals surface area contributed by atoms with Gasteiger partial charge in [-0.2, -0.15) is 0 Å². The van der Waals surface area contributed by atoms with Crippen LogP contribution in [0, 0.1) is 5.82 Å². The molecule has 0 saturated heterocycles. The monoisotopic (exact) mass is 578 g/mol. The van der Waals surface area contributed by atoms with Crippen LogP contribution in [0.4, 0.5) is 16.0 Å². The van der Waals surface area contributed by atoms with Gasteiger partial charge >= 0.3 is 0 Å². The number of hydrogen-bond acceptors (Lipinski definition) is 6. The Morgan fingerprint density at radius 2 is 1.62 bits per heavy atom. The number of carbonyl (C=O) groups excluding carboxylic acids is 1. The summed E-state index contributed by atoms with van der Waals surface area (Å²) in [6.07, 6.45) is 4.38. The van der Waals surface area contributed by atoms with Gasteiger partial charge in [-0.25, -0.2) is 14.4 Å². The molecule has 0 aliphatic heterocycles. The van der Waals surface area contributed by atoms with Crippen LogP contribution in [0.2, 0.25) is 0 Å². The number of aryl methyl sites for hydroxylation is 1. The first-order valence-electron chi connectivity index (χ1n) is 15.2. The van der Waals surface area contributed by atoms with E-state index < -0.39 is 0 Å². The molecule has 1 aromatic heterocycles. The Labute approximate surface area is 253 Å². The van der Waals surface area contributed by atoms with Crippen molar-refractivity contribution < 1.29 is 9.18 Å². The Kier molecular flexibility index (Phi) is 18.9. The lowest BCUT2D eigenvalue weighted by Gasteiger charge is -2.23. The van der Waals surface area contributed by atoms with Crippen LogP contribution in [0.3, 0.4) is 0 Å². The normalized spacial score (nSPS) is 10.1. The Hall–Kier alpha value is -3.78. The summed E-state index contributed by atoms with van der Waals surface area (Å²) in [5, 5.41) is 9.42. The third-order valence-corrected chi connectivity index (χ3v) is 5.95. The van der Waals surface area contributed by atoms with E-state index in [0.29, 0.717) is 30.5 Å². The maximum Gasteiger partial charge on any atom is 0.216 e. The number of halogens is 1. The molecule has 0 radical (unpaired) electrons. The highest BCUT2D eigenvalue weighted by molar-refractivity contribution is 5.72. The van der Waals surface area contributed by atoms with E-state index in [1.807, 2.05) is 63.2 Å². The molecule has 3 N–H and O–H groups in total. The molecule has 0 aliphatic rings. The zero-order valence-electron chi connectivity index (χ0n) is 26.5. The van der Waals surface area contributed by atoms with Gasteiger partial charge in [-0.1, -0.05) is 90.1 Å². The predicted molar refractivity (Wildman–Crippen MR) is 176 cm³/mol. The smallest absolute Gasteiger partial charge is 0.216 e. The number of amides is 1. The van der Waals surface area contributed by atoms with Crippen molar-refractivity contribution in [1.29, 1.82) is 0 Å². The van der Waals surface area contributed by atoms with Crippen molar-refractivity contribution in [3.63, 3.8) is 0 Å². The number of hydrogen-bond donors (Lipinski definition) is 3. The summed E-state index contributed by atoms with van der Waals surface area (Å²) in [7, 11) is 0. The Balaban J connectivity index is 0.000000673. The number of rotatable bonds is 15. The zero-order valence-corrected chi connectivity index (χ0v) is 26.5. The SMILES string of the molecule is C=C(CN(CCC)CCCC)Nc1cc(NCCNC(C)=O)nc(-c2ccccc2)n1.CC.CCc1cccc(F)c1. The minimum Gasteiger partial charge on any atom is -0.368 e. The Morgan fingerprint density at radius 1 is 0.905 bits per heavy atom. The maximum atomic E-state index is 12.4. The second-order valence-electron chi connectivity index (χ2n) is 9.58. The fraction of sp³-hybridized carbons (Fsp3) is 0.441. The van der Waals surface area contributed by atoms with Crippen LogP contribution < -0.4 is 16.0 Å². The Morgan fingerprint density at radius 3 is 2.21 bits per heavy atom. The molecule has 3 aromatic rings. The van der Waals surface area contributed by atoms with Gasteiger partial charge in [0.15, 0.2) is 5.82 Å². The van der Waals surface area contributed by atoms with Crippen LogP contribution >= 0.6 is 0 Å². The lowest BCUT2D eigenvalue weighted by molar-refractivity contribution is -0.118. The van der Waals surface area contributed by atoms with Gasteiger partial charge in [0.25, 0.3) is 0 Å². The van der Waals surface area contributed by atoms with Gasteiger partial charge in [0, 0.05) is 43.9 Å². The Bertz CT molecular complexity index is 1170. The number of benzene rings is 2. The van der Waals surface area contributed by atoms with E-state index in [4.69, 9.17) is 4.98 Å². The molecule has 0 aliphatic carbocycles. The van der Waals surface area contributed by atoms with Crippen molar-refractivity contribution in [3.05, 3.63) is 84.3 Å². The molecule has 7 nitrogen and oxygen atoms in total. The van der Waals surface area contributed by atoms with Crippen LogP contribution in [-0.2, 0) is 11.2 Å². The van der Waals surface area contributed by atoms with E-state index in [1.165, 1.54) is 25.8 Å². The van der Waals surface area contributed by atoms with Crippen molar-refractivity contribution in [3.8, 4) is 11.4 Å². The van der Waals surface area contributed by atoms with Crippen molar-refractivity contribution in [2.24, 2.45) is 0 Å². The first-order valence-corrected chi connectivity index (χ1v) is 15.2. The second kappa shape index (κ2) is 21.9. The summed E-state index contributed by atoms with van der Waals surface area (Å²) in [6.45, 7) is 20.2. The lowest BCUT2D eigenvalue weighted by atomic mass is 10.2. The molecule has 2 aromatic carbocycles. The predicted octanol–water partition coefficient (Wildman–Crippen LogP) is 7.54. The summed E-state index contributed by atoms with van der Waals surface area (Å²) in [4.78, 5) is 22.9. The topological polar surface area (TPSA) is 82.2 Å². The van der Waals surface area contributed by atoms with Gasteiger partial charge < -0.3 is 16.0 Å². The molecule has 0 atom stereocenters. The fourth-order valence-corrected chi connectivity index (χ4v) is 3.96. The van der Waals surface area contributed by atoms with E-state index in [2.05, 4.69) is 46.3 Å². The van der Waals surface area contributed by atoms with Gasteiger partial charge in [0.2, 0.25) is 5.91 Å². The van der Waals surface area contributed by atoms with Crippen molar-refractivity contribution in [1.82, 2.24) is 20.2 Å². The van der Waals surface area contributed by atoms with Crippen LogP contribution in [0.1, 0.15) is 66.4 Å². The minimum absolute atomic E-state index is 0.0483. The molecule has 0 bridgehead atoms. The van der Waals surface area contributed by atoms with E-state index in [-0.39, 0.29) is 11.7 Å². The van der Waals surface area contributed by atoms with Crippen LogP contribution in [-0.4, -0.2) is 53.5 Å². The number of unbranched alkanes of at least 4 members (excludes halogenated alkanes) is 1. The number of nitrogens with one attached hydrogen (secondary N) is 3. The van der Waals surface area contributed by atoms with Gasteiger partial charge in [-0.05, 0) is 50.0 Å². The van der Waals surface area contributed by atoms with Gasteiger partial charge in [-0.3, -0.25) is 9.69 Å². The third-order valence-electron chi connectivity index (χ3n) is 5.95. The van der Waals surface area contributed by atoms with Crippen molar-refractivity contribution >= 4 is 17.5 Å². The number of anilines is 2. The van der Waals surface area contributed by atoms with Crippen molar-refractivity contribution in [2.45, 2.75) is 67.2 Å². The molecule has 8 heteroatoms. The summed E-state index contributed by atoms with van der Waals surface area (Å²) in [6, 6.07) is 18.4. The average Bonchev–Trinajstić information content (AvgIpc) is 2.99. The lowest BCUT2D eigenvalue weighted by Crippen LogP contribution is -2.29. The van der Waals surface area contributed by atoms with Crippen LogP contribution in [0.15, 0.2) is 72.9 Å². The summed E-state index contributed by atoms with van der Waals surface area (Å²) in [5.41, 5.74) is 2.90. The minimum atomic E-state index is -0.144. The van der Waals surface area contributed by atoms with Gasteiger partial charge in [0.05, 0.1) is 0 Å². The summed E-state index contributed by atoms with van der Waals surface area (Å²) in [5.74, 6) is 1.85. The third kappa shape index (κ3) is 15.3. The van der Waals surface area contributed by atoms with Gasteiger partial charge in [0.1, 0.15) is 17.5 Å². The second-order valence-corrected chi connectivity index (χ2v) is 9.58. The molecule has 0 fully saturated rings. The van der Waals surface area contributed by atoms with E-state index >= 15 is 0 Å². The van der Waals surface area contributed by atoms with E-state index in [0.717, 1.165) is 49.3 Å². The molecule has 42 heavy (non-hydrogen) atoms. The molecule has 230 valence electrons. The molecule has 1 heterocycles. The van der Waals surface area contributed by atoms with E-state index in [9.17, 15) is 9.18 Å². The number of nitrogens with zero attached hydrogens (tertiary/aromatic N) is 3. The van der Waals surface area contributed by atoms with Crippen LogP contribution in [0.25, 0.3) is 11.4 Å². The number of aromatic nitrogens is 2. The maximum absolute atomic E-state index is 12.4. The number of carbonyl (C=O) groups is 1. The average molecular weight is 579 g/mol. The first kappa shape index (κ1) is 36.2. The highest BCUT2D eigenvalue weighted by Gasteiger charge is 2.10.